The van der Waals surface area contributed by atoms with Crippen molar-refractivity contribution in [2.75, 3.05) is 39.6 Å². The maximum absolute atomic E-state index is 13.1. The van der Waals surface area contributed by atoms with Crippen LogP contribution in [0.2, 0.25) is 0 Å². The fourth-order valence-electron chi connectivity index (χ4n) is 9.18. The number of allylic oxidation sites excluding steroid dienone is 35. The van der Waals surface area contributed by atoms with Gasteiger partial charge in [0.05, 0.1) is 32.8 Å². The number of phosphoric ester groups is 2. The van der Waals surface area contributed by atoms with Crippen LogP contribution in [0.1, 0.15) is 246 Å². The lowest BCUT2D eigenvalue weighted by Gasteiger charge is -2.21. The highest BCUT2D eigenvalue weighted by atomic mass is 31.2. The Morgan fingerprint density at radius 2 is 0.500 bits per heavy atom. The summed E-state index contributed by atoms with van der Waals surface area (Å²) in [7, 11) is -10.0. The number of ether oxygens (including phenoxy) is 4. The predicted molar refractivity (Wildman–Crippen MR) is 435 cm³/mol. The number of phosphoric acid groups is 2. The van der Waals surface area contributed by atoms with E-state index in [-0.39, 0.29) is 25.7 Å². The average Bonchev–Trinajstić information content (AvgIpc) is 0.909. The molecule has 0 aromatic heterocycles. The summed E-state index contributed by atoms with van der Waals surface area (Å²) in [6.45, 7) is 4.13. The number of carbonyl (C=O) groups excluding carboxylic acids is 4. The van der Waals surface area contributed by atoms with Crippen LogP contribution in [0.25, 0.3) is 0 Å². The Labute approximate surface area is 639 Å². The Bertz CT molecular complexity index is 2880. The molecule has 17 nitrogen and oxygen atoms in total. The summed E-state index contributed by atoms with van der Waals surface area (Å²) >= 11 is 0. The third-order valence-electron chi connectivity index (χ3n) is 15.0. The van der Waals surface area contributed by atoms with E-state index >= 15 is 0 Å². The molecule has 0 rings (SSSR count). The van der Waals surface area contributed by atoms with Crippen LogP contribution in [-0.4, -0.2) is 96.7 Å². The lowest BCUT2D eigenvalue weighted by Crippen LogP contribution is -2.30. The smallest absolute Gasteiger partial charge is 0.462 e. The highest BCUT2D eigenvalue weighted by Crippen LogP contribution is 2.45. The molecule has 0 aliphatic heterocycles. The molecule has 0 heterocycles. The van der Waals surface area contributed by atoms with Crippen LogP contribution < -0.4 is 0 Å². The van der Waals surface area contributed by atoms with Gasteiger partial charge in [-0.25, -0.2) is 9.13 Å². The first-order chi connectivity index (χ1) is 51.7. The van der Waals surface area contributed by atoms with Crippen molar-refractivity contribution in [3.8, 4) is 0 Å². The van der Waals surface area contributed by atoms with Gasteiger partial charge in [-0.3, -0.25) is 37.3 Å². The van der Waals surface area contributed by atoms with Gasteiger partial charge in [0.15, 0.2) is 12.2 Å². The number of carbonyl (C=O) groups is 4. The standard InChI is InChI=1S/C87H134O17P2/c1-5-9-13-17-21-25-29-33-37-39-40-42-46-48-52-56-60-64-68-72-85(90)98-78-83(104-87(92)74-70-66-62-58-54-50-44-36-32-28-24-20-16-12-8-4)80-102-106(95,96)100-76-81(88)75-99-105(93,94)101-79-82(103-86(91)73-69-65-61-57-53-49-43-35-31-27-23-19-15-11-7-3)77-97-84(89)71-67-63-59-55-51-47-45-41-38-34-30-26-22-18-14-10-6-2/h9-16,21-28,33-38,40,42-45,47-48,52-54,57-58,65,69,81-83,88H,5-8,17-20,29-32,39,41,46,49-51,55-56,59-64,66-68,70-80H2,1-4H3,(H,93,94)(H,95,96)/b13-9-,14-10-,15-11-,16-12-,25-21-,26-22-,27-23-,28-24-,37-33-,38-34-,42-40-,43-35-,44-36-,47-45-,52-48-,57-53-,58-54-,69-65-. The number of hydrogen-bond donors (Lipinski definition) is 3. The molecule has 594 valence electrons. The summed E-state index contributed by atoms with van der Waals surface area (Å²) in [6.07, 6.45) is 96.8. The molecule has 0 saturated carbocycles. The molecule has 19 heteroatoms. The minimum absolute atomic E-state index is 0.0220. The van der Waals surface area contributed by atoms with Gasteiger partial charge in [0, 0.05) is 19.3 Å². The highest BCUT2D eigenvalue weighted by molar-refractivity contribution is 7.47. The second kappa shape index (κ2) is 76.6. The third-order valence-corrected chi connectivity index (χ3v) is 16.9. The Hall–Kier alpha value is -6.62. The van der Waals surface area contributed by atoms with Crippen molar-refractivity contribution in [3.63, 3.8) is 0 Å². The van der Waals surface area contributed by atoms with Crippen molar-refractivity contribution in [1.82, 2.24) is 0 Å². The second-order valence-corrected chi connectivity index (χ2v) is 27.7. The molecule has 3 N–H and O–H groups in total. The van der Waals surface area contributed by atoms with Crippen LogP contribution in [0.15, 0.2) is 219 Å². The van der Waals surface area contributed by atoms with E-state index in [9.17, 15) is 43.2 Å². The number of esters is 4. The van der Waals surface area contributed by atoms with E-state index < -0.39 is 97.5 Å². The van der Waals surface area contributed by atoms with Gasteiger partial charge < -0.3 is 33.8 Å². The van der Waals surface area contributed by atoms with E-state index in [4.69, 9.17) is 37.0 Å². The predicted octanol–water partition coefficient (Wildman–Crippen LogP) is 22.9. The third kappa shape index (κ3) is 75.6. The van der Waals surface area contributed by atoms with Gasteiger partial charge in [-0.15, -0.1) is 0 Å². The molecule has 5 atom stereocenters. The molecule has 0 fully saturated rings. The molecule has 0 spiro atoms. The van der Waals surface area contributed by atoms with Crippen LogP contribution in [0, 0.1) is 0 Å². The summed E-state index contributed by atoms with van der Waals surface area (Å²) in [5.74, 6) is -2.47. The topological polar surface area (TPSA) is 237 Å². The number of rotatable bonds is 70. The zero-order chi connectivity index (χ0) is 77.4. The zero-order valence-corrected chi connectivity index (χ0v) is 66.5. The number of aliphatic hydroxyl groups is 1. The quantitative estimate of drug-likeness (QED) is 0.0169. The first-order valence-corrected chi connectivity index (χ1v) is 42.0. The van der Waals surface area contributed by atoms with E-state index in [1.54, 1.807) is 12.2 Å². The SMILES string of the molecule is CC/C=C\C/C=C\C/C=C\C/C=C\C/C=C\CCCCCC(=O)OCC(COP(=O)(O)OCC(O)COP(=O)(O)OCC(COC(=O)CCCCCC/C=C\C/C=C\C/C=C\C/C=C\CC)OC(=O)C/C=C\C/C=C\C/C=C\C/C=C\C/C=C\CC)OC(=O)CCCC/C=C\C/C=C\C/C=C\C/C=C\CC. The first-order valence-electron chi connectivity index (χ1n) is 39.0. The maximum Gasteiger partial charge on any atom is 0.472 e. The van der Waals surface area contributed by atoms with E-state index in [1.807, 2.05) is 18.2 Å². The molecule has 0 bridgehead atoms. The van der Waals surface area contributed by atoms with E-state index in [1.165, 1.54) is 0 Å². The minimum Gasteiger partial charge on any atom is -0.462 e. The maximum atomic E-state index is 13.1. The van der Waals surface area contributed by atoms with Crippen LogP contribution in [0.4, 0.5) is 0 Å². The van der Waals surface area contributed by atoms with E-state index in [2.05, 4.69) is 216 Å². The second-order valence-electron chi connectivity index (χ2n) is 24.8. The lowest BCUT2D eigenvalue weighted by atomic mass is 10.1. The van der Waals surface area contributed by atoms with Gasteiger partial charge in [0.1, 0.15) is 19.3 Å². The summed E-state index contributed by atoms with van der Waals surface area (Å²) in [5, 5.41) is 10.6. The molecular weight excluding hydrogens is 1380 g/mol. The van der Waals surface area contributed by atoms with Crippen LogP contribution in [-0.2, 0) is 65.4 Å². The molecule has 0 aromatic rings. The Morgan fingerprint density at radius 1 is 0.274 bits per heavy atom. The van der Waals surface area contributed by atoms with Crippen molar-refractivity contribution in [3.05, 3.63) is 219 Å². The van der Waals surface area contributed by atoms with Gasteiger partial charge >= 0.3 is 39.5 Å². The molecule has 5 unspecified atom stereocenters. The van der Waals surface area contributed by atoms with Crippen molar-refractivity contribution in [1.29, 1.82) is 0 Å². The fourth-order valence-corrected chi connectivity index (χ4v) is 10.8. The summed E-state index contributed by atoms with van der Waals surface area (Å²) in [5.41, 5.74) is 0. The van der Waals surface area contributed by atoms with Crippen molar-refractivity contribution >= 4 is 39.5 Å². The highest BCUT2D eigenvalue weighted by Gasteiger charge is 2.30. The van der Waals surface area contributed by atoms with Gasteiger partial charge in [0.2, 0.25) is 0 Å². The van der Waals surface area contributed by atoms with Crippen molar-refractivity contribution < 1.29 is 80.2 Å². The molecular formula is C87H134O17P2. The van der Waals surface area contributed by atoms with Gasteiger partial charge in [-0.1, -0.05) is 266 Å². The van der Waals surface area contributed by atoms with Gasteiger partial charge in [0.25, 0.3) is 0 Å². The number of aliphatic hydroxyl groups excluding tert-OH is 1. The summed E-state index contributed by atoms with van der Waals surface area (Å²) < 4.78 is 68.3. The zero-order valence-electron chi connectivity index (χ0n) is 64.8. The first kappa shape index (κ1) is 99.4. The molecule has 0 radical (unpaired) electrons. The fraction of sp³-hybridized carbons (Fsp3) is 0.540. The van der Waals surface area contributed by atoms with Crippen molar-refractivity contribution in [2.45, 2.75) is 264 Å². The van der Waals surface area contributed by atoms with E-state index in [0.29, 0.717) is 32.1 Å². The van der Waals surface area contributed by atoms with Gasteiger partial charge in [-0.2, -0.15) is 0 Å². The minimum atomic E-state index is -5.03. The van der Waals surface area contributed by atoms with Crippen LogP contribution in [0.3, 0.4) is 0 Å². The van der Waals surface area contributed by atoms with Crippen molar-refractivity contribution in [2.24, 2.45) is 0 Å². The Kier molecular flexibility index (Phi) is 71.8. The number of hydrogen-bond acceptors (Lipinski definition) is 15. The van der Waals surface area contributed by atoms with Crippen LogP contribution in [0.5, 0.6) is 0 Å². The Balaban J connectivity index is 5.55. The Morgan fingerprint density at radius 3 is 0.811 bits per heavy atom. The normalized spacial score (nSPS) is 15.0. The van der Waals surface area contributed by atoms with E-state index in [0.717, 1.165) is 161 Å². The van der Waals surface area contributed by atoms with Crippen LogP contribution >= 0.6 is 15.6 Å². The molecule has 0 aliphatic rings. The molecule has 0 amide bonds. The monoisotopic (exact) mass is 1510 g/mol. The molecule has 0 saturated heterocycles. The summed E-state index contributed by atoms with van der Waals surface area (Å²) in [6, 6.07) is 0. The van der Waals surface area contributed by atoms with Gasteiger partial charge in [-0.05, 0) is 173 Å². The average molecular weight is 1510 g/mol. The molecule has 0 aliphatic carbocycles. The lowest BCUT2D eigenvalue weighted by molar-refractivity contribution is -0.161. The molecule has 0 aromatic carbocycles. The number of unbranched alkanes of at least 4 members (excludes halogenated alkanes) is 9. The summed E-state index contributed by atoms with van der Waals surface area (Å²) in [4.78, 5) is 72.9. The largest absolute Gasteiger partial charge is 0.472 e. The molecule has 106 heavy (non-hydrogen) atoms.